The fourth-order valence-corrected chi connectivity index (χ4v) is 6.07. The number of carbonyl (C=O) groups excluding carboxylic acids is 1. The molecule has 4 rings (SSSR count). The number of anilines is 1. The fraction of sp³-hybridized carbons (Fsp3) is 0.304. The summed E-state index contributed by atoms with van der Waals surface area (Å²) in [5.41, 5.74) is 2.25. The number of thiazole rings is 1. The van der Waals surface area contributed by atoms with Crippen molar-refractivity contribution in [3.05, 3.63) is 75.7 Å². The van der Waals surface area contributed by atoms with Crippen LogP contribution in [0.15, 0.2) is 59.5 Å². The van der Waals surface area contributed by atoms with Crippen LogP contribution in [0, 0.1) is 6.92 Å². The first kappa shape index (κ1) is 22.6. The van der Waals surface area contributed by atoms with Crippen molar-refractivity contribution in [3.8, 4) is 0 Å². The van der Waals surface area contributed by atoms with Crippen LogP contribution in [0.2, 0.25) is 0 Å². The summed E-state index contributed by atoms with van der Waals surface area (Å²) >= 11 is 1.36. The molecule has 1 N–H and O–H groups in total. The van der Waals surface area contributed by atoms with Gasteiger partial charge in [0.25, 0.3) is 5.91 Å². The standard InChI is InChI=1S/C23H26N4O3S2/c1-17-22(31-21(24-17)15-18-7-4-3-5-8-18)23(28)25-19-9-6-10-20(16-19)32(29,30)27-13-11-26(2)12-14-27/h3-10,16H,11-15H2,1-2H3,(H,25,28). The summed E-state index contributed by atoms with van der Waals surface area (Å²) < 4.78 is 27.5. The zero-order chi connectivity index (χ0) is 22.7. The number of piperazine rings is 1. The highest BCUT2D eigenvalue weighted by atomic mass is 32.2. The third-order valence-electron chi connectivity index (χ3n) is 5.44. The Morgan fingerprint density at radius 2 is 1.78 bits per heavy atom. The van der Waals surface area contributed by atoms with Crippen molar-refractivity contribution >= 4 is 33.0 Å². The van der Waals surface area contributed by atoms with Gasteiger partial charge in [-0.1, -0.05) is 36.4 Å². The Morgan fingerprint density at radius 3 is 2.50 bits per heavy atom. The number of aromatic nitrogens is 1. The number of likely N-dealkylation sites (N-methyl/N-ethyl adjacent to an activating group) is 1. The average Bonchev–Trinajstić information content (AvgIpc) is 3.15. The molecule has 1 aliphatic heterocycles. The van der Waals surface area contributed by atoms with Crippen LogP contribution in [0.4, 0.5) is 5.69 Å². The van der Waals surface area contributed by atoms with Crippen LogP contribution < -0.4 is 5.32 Å². The van der Waals surface area contributed by atoms with Crippen molar-refractivity contribution in [1.82, 2.24) is 14.2 Å². The van der Waals surface area contributed by atoms with Gasteiger partial charge < -0.3 is 10.2 Å². The van der Waals surface area contributed by atoms with E-state index in [-0.39, 0.29) is 10.8 Å². The minimum absolute atomic E-state index is 0.186. The smallest absolute Gasteiger partial charge is 0.267 e. The summed E-state index contributed by atoms with van der Waals surface area (Å²) in [6.45, 7) is 4.13. The molecule has 0 unspecified atom stereocenters. The summed E-state index contributed by atoms with van der Waals surface area (Å²) in [7, 11) is -1.62. The second-order valence-corrected chi connectivity index (χ2v) is 10.9. The van der Waals surface area contributed by atoms with Crippen LogP contribution in [-0.2, 0) is 16.4 Å². The van der Waals surface area contributed by atoms with Crippen LogP contribution in [0.3, 0.4) is 0 Å². The molecule has 168 valence electrons. The zero-order valence-corrected chi connectivity index (χ0v) is 19.7. The van der Waals surface area contributed by atoms with Gasteiger partial charge in [0.1, 0.15) is 4.88 Å². The normalized spacial score (nSPS) is 15.6. The van der Waals surface area contributed by atoms with Gasteiger partial charge in [-0.05, 0) is 37.7 Å². The quantitative estimate of drug-likeness (QED) is 0.598. The highest BCUT2D eigenvalue weighted by Gasteiger charge is 2.27. The molecule has 7 nitrogen and oxygen atoms in total. The number of hydrogen-bond donors (Lipinski definition) is 1. The Balaban J connectivity index is 1.48. The Hall–Kier alpha value is -2.59. The van der Waals surface area contributed by atoms with Crippen molar-refractivity contribution in [2.45, 2.75) is 18.2 Å². The number of hydrogen-bond acceptors (Lipinski definition) is 6. The molecule has 0 saturated carbocycles. The average molecular weight is 471 g/mol. The van der Waals surface area contributed by atoms with E-state index in [9.17, 15) is 13.2 Å². The summed E-state index contributed by atoms with van der Waals surface area (Å²) in [6.07, 6.45) is 0.665. The van der Waals surface area contributed by atoms with Gasteiger partial charge in [0.2, 0.25) is 10.0 Å². The molecule has 0 spiro atoms. The lowest BCUT2D eigenvalue weighted by atomic mass is 10.2. The number of carbonyl (C=O) groups is 1. The molecular weight excluding hydrogens is 444 g/mol. The lowest BCUT2D eigenvalue weighted by Gasteiger charge is -2.31. The summed E-state index contributed by atoms with van der Waals surface area (Å²) in [5, 5.41) is 3.70. The number of aryl methyl sites for hydroxylation is 1. The second-order valence-electron chi connectivity index (χ2n) is 7.87. The van der Waals surface area contributed by atoms with Crippen molar-refractivity contribution in [2.75, 3.05) is 38.5 Å². The van der Waals surface area contributed by atoms with E-state index < -0.39 is 10.0 Å². The van der Waals surface area contributed by atoms with E-state index in [0.717, 1.165) is 10.6 Å². The minimum atomic E-state index is -3.60. The molecule has 32 heavy (non-hydrogen) atoms. The van der Waals surface area contributed by atoms with Crippen molar-refractivity contribution in [1.29, 1.82) is 0 Å². The van der Waals surface area contributed by atoms with Gasteiger partial charge in [0.15, 0.2) is 0 Å². The first-order valence-corrected chi connectivity index (χ1v) is 12.7. The SMILES string of the molecule is Cc1nc(Cc2ccccc2)sc1C(=O)Nc1cccc(S(=O)(=O)N2CCN(C)CC2)c1. The highest BCUT2D eigenvalue weighted by Crippen LogP contribution is 2.24. The van der Waals surface area contributed by atoms with Crippen LogP contribution in [0.25, 0.3) is 0 Å². The number of benzene rings is 2. The van der Waals surface area contributed by atoms with Crippen molar-refractivity contribution in [3.63, 3.8) is 0 Å². The van der Waals surface area contributed by atoms with Gasteiger partial charge in [-0.3, -0.25) is 4.79 Å². The van der Waals surface area contributed by atoms with Crippen LogP contribution in [-0.4, -0.2) is 61.7 Å². The van der Waals surface area contributed by atoms with Crippen LogP contribution in [0.5, 0.6) is 0 Å². The summed E-state index contributed by atoms with van der Waals surface area (Å²) in [6, 6.07) is 16.4. The maximum Gasteiger partial charge on any atom is 0.267 e. The maximum atomic E-state index is 13.0. The molecule has 1 aliphatic rings. The Kier molecular flexibility index (Phi) is 6.71. The van der Waals surface area contributed by atoms with E-state index in [1.54, 1.807) is 18.2 Å². The first-order chi connectivity index (χ1) is 15.3. The van der Waals surface area contributed by atoms with Gasteiger partial charge in [-0.25, -0.2) is 13.4 Å². The molecule has 1 fully saturated rings. The zero-order valence-electron chi connectivity index (χ0n) is 18.1. The second kappa shape index (κ2) is 9.50. The van der Waals surface area contributed by atoms with E-state index in [1.807, 2.05) is 44.3 Å². The van der Waals surface area contributed by atoms with E-state index in [0.29, 0.717) is 48.9 Å². The number of nitrogens with zero attached hydrogens (tertiary/aromatic N) is 3. The number of sulfonamides is 1. The molecule has 2 heterocycles. The van der Waals surface area contributed by atoms with Crippen LogP contribution >= 0.6 is 11.3 Å². The largest absolute Gasteiger partial charge is 0.321 e. The molecule has 0 atom stereocenters. The first-order valence-electron chi connectivity index (χ1n) is 10.4. The van der Waals surface area contributed by atoms with E-state index in [1.165, 1.54) is 21.7 Å². The third-order valence-corrected chi connectivity index (χ3v) is 8.49. The van der Waals surface area contributed by atoms with Gasteiger partial charge >= 0.3 is 0 Å². The van der Waals surface area contributed by atoms with E-state index in [2.05, 4.69) is 15.2 Å². The Morgan fingerprint density at radius 1 is 1.06 bits per heavy atom. The van der Waals surface area contributed by atoms with Gasteiger partial charge in [-0.2, -0.15) is 4.31 Å². The number of rotatable bonds is 6. The number of amides is 1. The summed E-state index contributed by atoms with van der Waals surface area (Å²) in [4.78, 5) is 20.3. The lowest BCUT2D eigenvalue weighted by Crippen LogP contribution is -2.47. The minimum Gasteiger partial charge on any atom is -0.321 e. The predicted molar refractivity (Wildman–Crippen MR) is 127 cm³/mol. The van der Waals surface area contributed by atoms with Gasteiger partial charge in [-0.15, -0.1) is 11.3 Å². The fourth-order valence-electron chi connectivity index (χ4n) is 3.61. The highest BCUT2D eigenvalue weighted by molar-refractivity contribution is 7.89. The lowest BCUT2D eigenvalue weighted by molar-refractivity contribution is 0.102. The molecule has 1 aromatic heterocycles. The molecule has 0 aliphatic carbocycles. The van der Waals surface area contributed by atoms with Crippen LogP contribution in [0.1, 0.15) is 25.9 Å². The van der Waals surface area contributed by atoms with Crippen molar-refractivity contribution in [2.24, 2.45) is 0 Å². The maximum absolute atomic E-state index is 13.0. The van der Waals surface area contributed by atoms with Gasteiger partial charge in [0, 0.05) is 38.3 Å². The van der Waals surface area contributed by atoms with Gasteiger partial charge in [0.05, 0.1) is 15.6 Å². The molecule has 1 saturated heterocycles. The molecule has 2 aromatic carbocycles. The summed E-state index contributed by atoms with van der Waals surface area (Å²) in [5.74, 6) is -0.284. The molecule has 3 aromatic rings. The van der Waals surface area contributed by atoms with Crippen molar-refractivity contribution < 1.29 is 13.2 Å². The molecule has 0 bridgehead atoms. The third kappa shape index (κ3) is 5.07. The molecule has 9 heteroatoms. The Bertz CT molecular complexity index is 1200. The molecular formula is C23H26N4O3S2. The van der Waals surface area contributed by atoms with E-state index >= 15 is 0 Å². The molecule has 0 radical (unpaired) electrons. The van der Waals surface area contributed by atoms with E-state index in [4.69, 9.17) is 0 Å². The molecule has 1 amide bonds. The predicted octanol–water partition coefficient (Wildman–Crippen LogP) is 3.23. The number of nitrogens with one attached hydrogen (secondary N) is 1. The topological polar surface area (TPSA) is 82.6 Å². The monoisotopic (exact) mass is 470 g/mol. The Labute approximate surface area is 192 Å².